The summed E-state index contributed by atoms with van der Waals surface area (Å²) in [6.07, 6.45) is 10.9. The molecule has 7 saturated carbocycles. The van der Waals surface area contributed by atoms with Gasteiger partial charge >= 0.3 is 0 Å². The molecule has 2 nitrogen and oxygen atoms in total. The quantitative estimate of drug-likeness (QED) is 0.491. The van der Waals surface area contributed by atoms with Crippen LogP contribution in [0.5, 0.6) is 0 Å². The van der Waals surface area contributed by atoms with E-state index in [2.05, 4.69) is 24.3 Å². The first-order chi connectivity index (χ1) is 12.8. The lowest BCUT2D eigenvalue weighted by molar-refractivity contribution is -0.0297. The van der Waals surface area contributed by atoms with Crippen LogP contribution in [0.1, 0.15) is 25.7 Å². The van der Waals surface area contributed by atoms with E-state index in [0.29, 0.717) is 11.8 Å². The molecule has 132 valence electrons. The van der Waals surface area contributed by atoms with Gasteiger partial charge in [0.1, 0.15) is 0 Å². The summed E-state index contributed by atoms with van der Waals surface area (Å²) in [5.41, 5.74) is 0. The first-order valence-corrected chi connectivity index (χ1v) is 11.3. The van der Waals surface area contributed by atoms with Crippen LogP contribution in [-0.2, 0) is 0 Å². The van der Waals surface area contributed by atoms with Crippen LogP contribution in [-0.4, -0.2) is 0 Å². The van der Waals surface area contributed by atoms with Crippen LogP contribution in [0.15, 0.2) is 12.2 Å². The van der Waals surface area contributed by atoms with E-state index in [-0.39, 0.29) is 11.8 Å². The molecule has 2 heteroatoms. The Balaban J connectivity index is 1.21. The zero-order chi connectivity index (χ0) is 16.9. The van der Waals surface area contributed by atoms with E-state index in [4.69, 9.17) is 0 Å². The van der Waals surface area contributed by atoms with Crippen molar-refractivity contribution < 1.29 is 0 Å². The van der Waals surface area contributed by atoms with E-state index in [1.165, 1.54) is 19.3 Å². The minimum Gasteiger partial charge on any atom is -0.198 e. The van der Waals surface area contributed by atoms with Crippen molar-refractivity contribution in [3.05, 3.63) is 12.2 Å². The zero-order valence-electron chi connectivity index (χ0n) is 15.1. The second kappa shape index (κ2) is 4.09. The SMILES string of the molecule is N#CC1C(C#N)C2CC1C1C3CC(C21)C1C2CC(C4C5C=CC(C5)C24)C31. The Kier molecular flexibility index (Phi) is 2.17. The smallest absolute Gasteiger partial charge is 0.0672 e. The Hall–Kier alpha value is -1.28. The first kappa shape index (κ1) is 13.8. The molecule has 0 N–H and O–H groups in total. The van der Waals surface area contributed by atoms with Gasteiger partial charge in [-0.15, -0.1) is 0 Å². The van der Waals surface area contributed by atoms with Crippen molar-refractivity contribution in [1.82, 2.24) is 0 Å². The van der Waals surface area contributed by atoms with E-state index < -0.39 is 0 Å². The van der Waals surface area contributed by atoms with Crippen molar-refractivity contribution in [2.24, 2.45) is 94.7 Å². The summed E-state index contributed by atoms with van der Waals surface area (Å²) in [6.45, 7) is 0. The van der Waals surface area contributed by atoms with E-state index in [9.17, 15) is 10.5 Å². The molecule has 7 fully saturated rings. The average Bonchev–Trinajstić information content (AvgIpc) is 3.46. The van der Waals surface area contributed by atoms with Gasteiger partial charge in [0.25, 0.3) is 0 Å². The number of nitriles is 2. The Morgan fingerprint density at radius 3 is 1.35 bits per heavy atom. The standard InChI is InChI=1S/C24H26N2/c25-7-17-11-4-12(18(17)8-26)22-16-6-15(21(11)22)23-13-5-14(24(16)23)20-10-2-1-9(3-10)19(13)20/h1-2,9-24H,3-6H2. The number of hydrogen-bond acceptors (Lipinski definition) is 2. The molecular weight excluding hydrogens is 316 g/mol. The molecule has 0 aliphatic heterocycles. The molecule has 16 unspecified atom stereocenters. The van der Waals surface area contributed by atoms with Crippen LogP contribution in [0.25, 0.3) is 0 Å². The molecule has 0 aromatic rings. The van der Waals surface area contributed by atoms with Crippen molar-refractivity contribution in [3.63, 3.8) is 0 Å². The maximum Gasteiger partial charge on any atom is 0.0672 e. The fourth-order valence-electron chi connectivity index (χ4n) is 11.9. The van der Waals surface area contributed by atoms with Gasteiger partial charge in [-0.05, 0) is 109 Å². The average molecular weight is 342 g/mol. The van der Waals surface area contributed by atoms with Crippen LogP contribution in [0.2, 0.25) is 0 Å². The predicted octanol–water partition coefficient (Wildman–Crippen LogP) is 4.12. The van der Waals surface area contributed by atoms with Crippen LogP contribution >= 0.6 is 0 Å². The second-order valence-electron chi connectivity index (χ2n) is 11.4. The van der Waals surface area contributed by atoms with Gasteiger partial charge < -0.3 is 0 Å². The highest BCUT2D eigenvalue weighted by Gasteiger charge is 2.77. The Bertz CT molecular complexity index is 766. The monoisotopic (exact) mass is 342 g/mol. The number of fused-ring (bicyclic) bond motifs is 23. The largest absolute Gasteiger partial charge is 0.198 e. The molecule has 0 radical (unpaired) electrons. The topological polar surface area (TPSA) is 47.6 Å². The fourth-order valence-corrected chi connectivity index (χ4v) is 11.9. The van der Waals surface area contributed by atoms with Gasteiger partial charge in [-0.1, -0.05) is 12.2 Å². The molecule has 8 bridgehead atoms. The first-order valence-electron chi connectivity index (χ1n) is 11.3. The summed E-state index contributed by atoms with van der Waals surface area (Å²) in [5.74, 6) is 12.8. The Morgan fingerprint density at radius 2 is 0.885 bits per heavy atom. The van der Waals surface area contributed by atoms with Crippen molar-refractivity contribution in [3.8, 4) is 12.1 Å². The molecular formula is C24H26N2. The maximum absolute atomic E-state index is 9.76. The molecule has 0 amide bonds. The van der Waals surface area contributed by atoms with Gasteiger partial charge in [-0.2, -0.15) is 10.5 Å². The highest BCUT2D eigenvalue weighted by atomic mass is 14.8. The normalized spacial score (nSPS) is 71.8. The summed E-state index contributed by atoms with van der Waals surface area (Å²) in [6, 6.07) is 5.18. The molecule has 0 aromatic carbocycles. The minimum absolute atomic E-state index is 0.0563. The van der Waals surface area contributed by atoms with Crippen LogP contribution in [0.4, 0.5) is 0 Å². The van der Waals surface area contributed by atoms with Crippen molar-refractivity contribution >= 4 is 0 Å². The number of hydrogen-bond donors (Lipinski definition) is 0. The van der Waals surface area contributed by atoms with Gasteiger partial charge in [-0.3, -0.25) is 0 Å². The highest BCUT2D eigenvalue weighted by Crippen LogP contribution is 2.81. The zero-order valence-corrected chi connectivity index (χ0v) is 15.1. The molecule has 16 atom stereocenters. The molecule has 0 aromatic heterocycles. The van der Waals surface area contributed by atoms with Gasteiger partial charge in [0, 0.05) is 0 Å². The van der Waals surface area contributed by atoms with Gasteiger partial charge in [0.05, 0.1) is 24.0 Å². The summed E-state index contributed by atoms with van der Waals surface area (Å²) in [4.78, 5) is 0. The van der Waals surface area contributed by atoms with Crippen LogP contribution < -0.4 is 0 Å². The van der Waals surface area contributed by atoms with E-state index >= 15 is 0 Å². The van der Waals surface area contributed by atoms with Gasteiger partial charge in [-0.25, -0.2) is 0 Å². The molecule has 8 aliphatic carbocycles. The highest BCUT2D eigenvalue weighted by molar-refractivity contribution is 5.29. The van der Waals surface area contributed by atoms with E-state index in [1.807, 2.05) is 0 Å². The molecule has 8 aliphatic rings. The van der Waals surface area contributed by atoms with Crippen LogP contribution in [0, 0.1) is 117 Å². The van der Waals surface area contributed by atoms with Crippen LogP contribution in [0.3, 0.4) is 0 Å². The molecule has 0 spiro atoms. The van der Waals surface area contributed by atoms with E-state index in [1.54, 1.807) is 6.42 Å². The van der Waals surface area contributed by atoms with Gasteiger partial charge in [0.15, 0.2) is 0 Å². The Labute approximate surface area is 155 Å². The number of nitrogens with zero attached hydrogens (tertiary/aromatic N) is 2. The van der Waals surface area contributed by atoms with Crippen molar-refractivity contribution in [2.45, 2.75) is 25.7 Å². The number of rotatable bonds is 0. The fraction of sp³-hybridized carbons (Fsp3) is 0.833. The predicted molar refractivity (Wildman–Crippen MR) is 94.7 cm³/mol. The molecule has 0 saturated heterocycles. The van der Waals surface area contributed by atoms with Gasteiger partial charge in [0.2, 0.25) is 0 Å². The van der Waals surface area contributed by atoms with Crippen molar-refractivity contribution in [1.29, 1.82) is 10.5 Å². The summed E-state index contributed by atoms with van der Waals surface area (Å²) in [7, 11) is 0. The minimum atomic E-state index is 0.0563. The molecule has 26 heavy (non-hydrogen) atoms. The lowest BCUT2D eigenvalue weighted by atomic mass is 9.53. The Morgan fingerprint density at radius 1 is 0.500 bits per heavy atom. The lowest BCUT2D eigenvalue weighted by Crippen LogP contribution is -2.48. The lowest BCUT2D eigenvalue weighted by Gasteiger charge is -2.50. The third-order valence-corrected chi connectivity index (χ3v) is 11.7. The molecule has 8 rings (SSSR count). The summed E-state index contributed by atoms with van der Waals surface area (Å²) >= 11 is 0. The third-order valence-electron chi connectivity index (χ3n) is 11.7. The van der Waals surface area contributed by atoms with Crippen molar-refractivity contribution in [2.75, 3.05) is 0 Å². The number of allylic oxidation sites excluding steroid dienone is 2. The molecule has 0 heterocycles. The van der Waals surface area contributed by atoms with E-state index in [0.717, 1.165) is 71.0 Å². The second-order valence-corrected chi connectivity index (χ2v) is 11.4. The maximum atomic E-state index is 9.76. The summed E-state index contributed by atoms with van der Waals surface area (Å²) < 4.78 is 0. The summed E-state index contributed by atoms with van der Waals surface area (Å²) in [5, 5.41) is 19.5. The third kappa shape index (κ3) is 1.17.